The Labute approximate surface area is 102 Å². The van der Waals surface area contributed by atoms with Crippen molar-refractivity contribution in [3.8, 4) is 0 Å². The lowest BCUT2D eigenvalue weighted by atomic mass is 10.0. The number of hydrogen-bond donors (Lipinski definition) is 2. The molecule has 0 saturated heterocycles. The van der Waals surface area contributed by atoms with Crippen LogP contribution in [0.5, 0.6) is 0 Å². The van der Waals surface area contributed by atoms with Gasteiger partial charge in [0.1, 0.15) is 0 Å². The van der Waals surface area contributed by atoms with E-state index in [0.29, 0.717) is 19.6 Å². The monoisotopic (exact) mass is 236 g/mol. The minimum Gasteiger partial charge on any atom is -0.390 e. The molecule has 1 aromatic carbocycles. The van der Waals surface area contributed by atoms with E-state index >= 15 is 0 Å². The molecule has 3 unspecified atom stereocenters. The van der Waals surface area contributed by atoms with E-state index in [-0.39, 0.29) is 5.92 Å². The van der Waals surface area contributed by atoms with E-state index in [1.54, 1.807) is 0 Å². The van der Waals surface area contributed by atoms with Gasteiger partial charge in [-0.2, -0.15) is 0 Å². The van der Waals surface area contributed by atoms with Crippen LogP contribution in [0.1, 0.15) is 24.8 Å². The van der Waals surface area contributed by atoms with Crippen LogP contribution in [0.2, 0.25) is 0 Å². The van der Waals surface area contributed by atoms with Crippen molar-refractivity contribution >= 4 is 0 Å². The second-order valence-electron chi connectivity index (χ2n) is 4.72. The molecule has 3 nitrogen and oxygen atoms in total. The van der Waals surface area contributed by atoms with Crippen LogP contribution in [-0.2, 0) is 11.3 Å². The molecule has 0 amide bonds. The zero-order chi connectivity index (χ0) is 12.1. The lowest BCUT2D eigenvalue weighted by Gasteiger charge is -2.16. The third kappa shape index (κ3) is 3.53. The van der Waals surface area contributed by atoms with E-state index in [0.717, 1.165) is 12.8 Å². The predicted molar refractivity (Wildman–Crippen MR) is 65.5 cm³/mol. The van der Waals surface area contributed by atoms with E-state index < -0.39 is 12.2 Å². The summed E-state index contributed by atoms with van der Waals surface area (Å²) < 4.78 is 5.57. The van der Waals surface area contributed by atoms with Gasteiger partial charge in [0.25, 0.3) is 0 Å². The van der Waals surface area contributed by atoms with Gasteiger partial charge in [-0.05, 0) is 30.7 Å². The molecule has 94 valence electrons. The van der Waals surface area contributed by atoms with Gasteiger partial charge in [-0.1, -0.05) is 30.3 Å². The minimum atomic E-state index is -0.560. The van der Waals surface area contributed by atoms with E-state index in [1.165, 1.54) is 5.56 Å². The largest absolute Gasteiger partial charge is 0.390 e. The molecule has 3 heteroatoms. The molecule has 1 aliphatic carbocycles. The van der Waals surface area contributed by atoms with Crippen LogP contribution in [0.15, 0.2) is 30.3 Å². The molecule has 1 saturated carbocycles. The number of hydrogen-bond acceptors (Lipinski definition) is 3. The number of aliphatic hydroxyl groups excluding tert-OH is 2. The SMILES string of the molecule is OC1CCC(CCOCc2ccccc2)C1O. The van der Waals surface area contributed by atoms with Gasteiger partial charge in [0, 0.05) is 6.61 Å². The van der Waals surface area contributed by atoms with Gasteiger partial charge < -0.3 is 14.9 Å². The Bertz CT molecular complexity index is 325. The van der Waals surface area contributed by atoms with Crippen LogP contribution >= 0.6 is 0 Å². The third-order valence-electron chi connectivity index (χ3n) is 3.45. The summed E-state index contributed by atoms with van der Waals surface area (Å²) in [7, 11) is 0. The summed E-state index contributed by atoms with van der Waals surface area (Å²) in [4.78, 5) is 0. The highest BCUT2D eigenvalue weighted by Crippen LogP contribution is 2.28. The Balaban J connectivity index is 1.64. The molecule has 1 aliphatic rings. The molecule has 0 spiro atoms. The summed E-state index contributed by atoms with van der Waals surface area (Å²) in [6, 6.07) is 10.0. The average Bonchev–Trinajstić information content (AvgIpc) is 2.67. The average molecular weight is 236 g/mol. The molecule has 0 aliphatic heterocycles. The Kier molecular flexibility index (Phi) is 4.54. The lowest BCUT2D eigenvalue weighted by molar-refractivity contribution is 0.00926. The van der Waals surface area contributed by atoms with Crippen LogP contribution in [0.25, 0.3) is 0 Å². The van der Waals surface area contributed by atoms with Crippen molar-refractivity contribution in [2.45, 2.75) is 38.1 Å². The number of rotatable bonds is 5. The maximum Gasteiger partial charge on any atom is 0.0828 e. The lowest BCUT2D eigenvalue weighted by Crippen LogP contribution is -2.25. The van der Waals surface area contributed by atoms with Crippen LogP contribution in [-0.4, -0.2) is 29.0 Å². The molecule has 1 fully saturated rings. The van der Waals surface area contributed by atoms with Gasteiger partial charge in [-0.15, -0.1) is 0 Å². The van der Waals surface area contributed by atoms with Crippen LogP contribution in [0.3, 0.4) is 0 Å². The fourth-order valence-electron chi connectivity index (χ4n) is 2.35. The highest BCUT2D eigenvalue weighted by atomic mass is 16.5. The maximum atomic E-state index is 9.67. The summed E-state index contributed by atoms with van der Waals surface area (Å²) in [5, 5.41) is 19.1. The summed E-state index contributed by atoms with van der Waals surface area (Å²) in [6.45, 7) is 1.26. The molecule has 2 N–H and O–H groups in total. The topological polar surface area (TPSA) is 49.7 Å². The minimum absolute atomic E-state index is 0.195. The summed E-state index contributed by atoms with van der Waals surface area (Å²) in [6.07, 6.45) is 1.34. The second-order valence-corrected chi connectivity index (χ2v) is 4.72. The summed E-state index contributed by atoms with van der Waals surface area (Å²) >= 11 is 0. The first-order valence-electron chi connectivity index (χ1n) is 6.25. The Morgan fingerprint density at radius 3 is 2.53 bits per heavy atom. The molecular formula is C14H20O3. The zero-order valence-electron chi connectivity index (χ0n) is 9.96. The van der Waals surface area contributed by atoms with E-state index in [4.69, 9.17) is 4.74 Å². The van der Waals surface area contributed by atoms with Gasteiger partial charge in [-0.25, -0.2) is 0 Å². The third-order valence-corrected chi connectivity index (χ3v) is 3.45. The molecule has 1 aromatic rings. The van der Waals surface area contributed by atoms with Crippen LogP contribution < -0.4 is 0 Å². The van der Waals surface area contributed by atoms with Gasteiger partial charge >= 0.3 is 0 Å². The number of aliphatic hydroxyl groups is 2. The normalized spacial score (nSPS) is 28.5. The fourth-order valence-corrected chi connectivity index (χ4v) is 2.35. The first-order valence-corrected chi connectivity index (χ1v) is 6.25. The van der Waals surface area contributed by atoms with Crippen LogP contribution in [0.4, 0.5) is 0 Å². The van der Waals surface area contributed by atoms with Crippen molar-refractivity contribution in [3.05, 3.63) is 35.9 Å². The summed E-state index contributed by atoms with van der Waals surface area (Å²) in [5.74, 6) is 0.195. The molecule has 3 atom stereocenters. The summed E-state index contributed by atoms with van der Waals surface area (Å²) in [5.41, 5.74) is 1.17. The standard InChI is InChI=1S/C14H20O3/c15-13-7-6-12(14(13)16)8-9-17-10-11-4-2-1-3-5-11/h1-5,12-16H,6-10H2. The van der Waals surface area contributed by atoms with E-state index in [1.807, 2.05) is 30.3 Å². The van der Waals surface area contributed by atoms with Crippen molar-refractivity contribution in [1.29, 1.82) is 0 Å². The van der Waals surface area contributed by atoms with Crippen LogP contribution in [0, 0.1) is 5.92 Å². The fraction of sp³-hybridized carbons (Fsp3) is 0.571. The molecule has 0 radical (unpaired) electrons. The highest BCUT2D eigenvalue weighted by molar-refractivity contribution is 5.13. The number of benzene rings is 1. The molecule has 17 heavy (non-hydrogen) atoms. The Morgan fingerprint density at radius 1 is 1.12 bits per heavy atom. The maximum absolute atomic E-state index is 9.67. The molecular weight excluding hydrogens is 216 g/mol. The van der Waals surface area contributed by atoms with Gasteiger partial charge in [-0.3, -0.25) is 0 Å². The smallest absolute Gasteiger partial charge is 0.0828 e. The first-order chi connectivity index (χ1) is 8.27. The molecule has 0 aromatic heterocycles. The second kappa shape index (κ2) is 6.15. The van der Waals surface area contributed by atoms with Crippen molar-refractivity contribution < 1.29 is 14.9 Å². The number of ether oxygens (including phenoxy) is 1. The van der Waals surface area contributed by atoms with E-state index in [2.05, 4.69) is 0 Å². The first kappa shape index (κ1) is 12.6. The van der Waals surface area contributed by atoms with Crippen molar-refractivity contribution in [2.24, 2.45) is 5.92 Å². The zero-order valence-corrected chi connectivity index (χ0v) is 9.96. The molecule has 2 rings (SSSR count). The molecule has 0 bridgehead atoms. The molecule has 0 heterocycles. The van der Waals surface area contributed by atoms with Crippen molar-refractivity contribution in [2.75, 3.05) is 6.61 Å². The Morgan fingerprint density at radius 2 is 1.88 bits per heavy atom. The predicted octanol–water partition coefficient (Wildman–Crippen LogP) is 1.73. The quantitative estimate of drug-likeness (QED) is 0.765. The Hall–Kier alpha value is -0.900. The van der Waals surface area contributed by atoms with Crippen molar-refractivity contribution in [1.82, 2.24) is 0 Å². The van der Waals surface area contributed by atoms with Gasteiger partial charge in [0.05, 0.1) is 18.8 Å². The highest BCUT2D eigenvalue weighted by Gasteiger charge is 2.32. The van der Waals surface area contributed by atoms with Crippen molar-refractivity contribution in [3.63, 3.8) is 0 Å². The van der Waals surface area contributed by atoms with E-state index in [9.17, 15) is 10.2 Å². The van der Waals surface area contributed by atoms with Gasteiger partial charge in [0.15, 0.2) is 0 Å². The van der Waals surface area contributed by atoms with Gasteiger partial charge in [0.2, 0.25) is 0 Å².